The number of hydrogen-bond acceptors (Lipinski definition) is 2. The van der Waals surface area contributed by atoms with Crippen LogP contribution in [-0.4, -0.2) is 10.9 Å². The number of amides is 1. The fourth-order valence-corrected chi connectivity index (χ4v) is 3.12. The maximum Gasteiger partial charge on any atom is 0.252 e. The van der Waals surface area contributed by atoms with Gasteiger partial charge < -0.3 is 10.3 Å². The topological polar surface area (TPSA) is 62.0 Å². The lowest BCUT2D eigenvalue weighted by atomic mass is 10.00. The lowest BCUT2D eigenvalue weighted by Crippen LogP contribution is -2.28. The predicted molar refractivity (Wildman–Crippen MR) is 104 cm³/mol. The van der Waals surface area contributed by atoms with Crippen molar-refractivity contribution in [3.05, 3.63) is 93.3 Å². The summed E-state index contributed by atoms with van der Waals surface area (Å²) in [4.78, 5) is 27.5. The Kier molecular flexibility index (Phi) is 5.03. The fourth-order valence-electron chi connectivity index (χ4n) is 3.12. The summed E-state index contributed by atoms with van der Waals surface area (Å²) in [5.41, 5.74) is 4.93. The second-order valence-electron chi connectivity index (χ2n) is 6.57. The van der Waals surface area contributed by atoms with Crippen LogP contribution in [0.2, 0.25) is 0 Å². The van der Waals surface area contributed by atoms with Crippen LogP contribution in [0, 0.1) is 13.8 Å². The Morgan fingerprint density at radius 1 is 1.00 bits per heavy atom. The number of aryl methyl sites for hydroxylation is 2. The number of hydrogen-bond donors (Lipinski definition) is 2. The van der Waals surface area contributed by atoms with Crippen LogP contribution in [-0.2, 0) is 0 Å². The standard InChI is InChI=1S/C22H22N2O2/c1-14-9-10-19(15(2)11-14)16(3)23-22(26)18-12-20(24-21(25)13-18)17-7-5-4-6-8-17/h4-13,16H,1-3H3,(H,23,26)(H,24,25). The molecule has 0 bridgehead atoms. The monoisotopic (exact) mass is 346 g/mol. The largest absolute Gasteiger partial charge is 0.346 e. The van der Waals surface area contributed by atoms with Gasteiger partial charge in [-0.1, -0.05) is 54.1 Å². The van der Waals surface area contributed by atoms with E-state index in [1.807, 2.05) is 63.2 Å². The quantitative estimate of drug-likeness (QED) is 0.745. The predicted octanol–water partition coefficient (Wildman–Crippen LogP) is 4.15. The molecule has 132 valence electrons. The van der Waals surface area contributed by atoms with E-state index in [4.69, 9.17) is 0 Å². The van der Waals surface area contributed by atoms with Crippen LogP contribution < -0.4 is 10.9 Å². The van der Waals surface area contributed by atoms with Crippen LogP contribution in [0.5, 0.6) is 0 Å². The molecule has 3 aromatic rings. The number of rotatable bonds is 4. The molecule has 0 radical (unpaired) electrons. The van der Waals surface area contributed by atoms with Crippen molar-refractivity contribution < 1.29 is 4.79 Å². The molecular weight excluding hydrogens is 324 g/mol. The molecule has 0 spiro atoms. The van der Waals surface area contributed by atoms with E-state index in [2.05, 4.69) is 16.4 Å². The Hall–Kier alpha value is -3.14. The molecule has 0 saturated carbocycles. The third-order valence-electron chi connectivity index (χ3n) is 4.43. The fraction of sp³-hybridized carbons (Fsp3) is 0.182. The van der Waals surface area contributed by atoms with Gasteiger partial charge in [-0.2, -0.15) is 0 Å². The van der Waals surface area contributed by atoms with Gasteiger partial charge in [0.05, 0.1) is 6.04 Å². The summed E-state index contributed by atoms with van der Waals surface area (Å²) in [6, 6.07) is 18.5. The second-order valence-corrected chi connectivity index (χ2v) is 6.57. The Morgan fingerprint density at radius 3 is 2.42 bits per heavy atom. The molecule has 0 aliphatic heterocycles. The third kappa shape index (κ3) is 3.91. The number of carbonyl (C=O) groups is 1. The average Bonchev–Trinajstić information content (AvgIpc) is 2.61. The molecule has 2 N–H and O–H groups in total. The third-order valence-corrected chi connectivity index (χ3v) is 4.43. The molecular formula is C22H22N2O2. The number of H-pyrrole nitrogens is 1. The molecule has 0 saturated heterocycles. The van der Waals surface area contributed by atoms with Crippen molar-refractivity contribution in [2.75, 3.05) is 0 Å². The molecule has 3 rings (SSSR count). The first-order valence-corrected chi connectivity index (χ1v) is 8.62. The van der Waals surface area contributed by atoms with Gasteiger partial charge in [0.25, 0.3) is 5.91 Å². The number of benzene rings is 2. The van der Waals surface area contributed by atoms with E-state index in [-0.39, 0.29) is 17.5 Å². The van der Waals surface area contributed by atoms with E-state index in [0.717, 1.165) is 16.7 Å². The highest BCUT2D eigenvalue weighted by molar-refractivity contribution is 5.95. The molecule has 2 aromatic carbocycles. The summed E-state index contributed by atoms with van der Waals surface area (Å²) in [5.74, 6) is -0.263. The van der Waals surface area contributed by atoms with Gasteiger partial charge in [0.15, 0.2) is 0 Å². The van der Waals surface area contributed by atoms with Crippen molar-refractivity contribution in [1.82, 2.24) is 10.3 Å². The van der Waals surface area contributed by atoms with E-state index in [9.17, 15) is 9.59 Å². The zero-order valence-electron chi connectivity index (χ0n) is 15.2. The first-order chi connectivity index (χ1) is 12.4. The molecule has 4 heteroatoms. The molecule has 1 unspecified atom stereocenters. The Labute approximate surface area is 152 Å². The van der Waals surface area contributed by atoms with Crippen LogP contribution >= 0.6 is 0 Å². The van der Waals surface area contributed by atoms with Gasteiger partial charge in [0.2, 0.25) is 5.56 Å². The van der Waals surface area contributed by atoms with Crippen LogP contribution in [0.4, 0.5) is 0 Å². The minimum Gasteiger partial charge on any atom is -0.346 e. The number of aromatic nitrogens is 1. The van der Waals surface area contributed by atoms with E-state index in [1.54, 1.807) is 6.07 Å². The lowest BCUT2D eigenvalue weighted by molar-refractivity contribution is 0.0939. The van der Waals surface area contributed by atoms with Crippen molar-refractivity contribution in [3.8, 4) is 11.3 Å². The first-order valence-electron chi connectivity index (χ1n) is 8.62. The second kappa shape index (κ2) is 7.40. The summed E-state index contributed by atoms with van der Waals surface area (Å²) in [6.45, 7) is 6.02. The van der Waals surface area contributed by atoms with Crippen LogP contribution in [0.1, 0.15) is 40.0 Å². The lowest BCUT2D eigenvalue weighted by Gasteiger charge is -2.17. The summed E-state index contributed by atoms with van der Waals surface area (Å²) in [5, 5.41) is 2.99. The van der Waals surface area contributed by atoms with E-state index < -0.39 is 0 Å². The molecule has 26 heavy (non-hydrogen) atoms. The molecule has 1 amide bonds. The van der Waals surface area contributed by atoms with Crippen molar-refractivity contribution in [2.45, 2.75) is 26.8 Å². The van der Waals surface area contributed by atoms with Crippen LogP contribution in [0.3, 0.4) is 0 Å². The normalized spacial score (nSPS) is 11.8. The number of carbonyl (C=O) groups excluding carboxylic acids is 1. The average molecular weight is 346 g/mol. The first kappa shape index (κ1) is 17.7. The summed E-state index contributed by atoms with van der Waals surface area (Å²) in [6.07, 6.45) is 0. The van der Waals surface area contributed by atoms with Gasteiger partial charge in [-0.3, -0.25) is 9.59 Å². The number of nitrogens with one attached hydrogen (secondary N) is 2. The molecule has 1 aromatic heterocycles. The van der Waals surface area contributed by atoms with Crippen LogP contribution in [0.25, 0.3) is 11.3 Å². The molecule has 1 atom stereocenters. The number of aromatic amines is 1. The summed E-state index contributed by atoms with van der Waals surface area (Å²) in [7, 11) is 0. The SMILES string of the molecule is Cc1ccc(C(C)NC(=O)c2cc(-c3ccccc3)[nH]c(=O)c2)c(C)c1. The Balaban J connectivity index is 1.86. The van der Waals surface area contributed by atoms with E-state index in [0.29, 0.717) is 11.3 Å². The molecule has 0 aliphatic carbocycles. The van der Waals surface area contributed by atoms with Gasteiger partial charge in [-0.25, -0.2) is 0 Å². The number of pyridine rings is 1. The zero-order chi connectivity index (χ0) is 18.7. The van der Waals surface area contributed by atoms with Crippen molar-refractivity contribution in [3.63, 3.8) is 0 Å². The van der Waals surface area contributed by atoms with Gasteiger partial charge >= 0.3 is 0 Å². The van der Waals surface area contributed by atoms with Gasteiger partial charge in [0.1, 0.15) is 0 Å². The molecule has 4 nitrogen and oxygen atoms in total. The maximum atomic E-state index is 12.7. The van der Waals surface area contributed by atoms with Gasteiger partial charge in [0, 0.05) is 17.3 Å². The smallest absolute Gasteiger partial charge is 0.252 e. The summed E-state index contributed by atoms with van der Waals surface area (Å²) >= 11 is 0. The molecule has 0 fully saturated rings. The van der Waals surface area contributed by atoms with E-state index >= 15 is 0 Å². The Bertz CT molecular complexity index is 991. The van der Waals surface area contributed by atoms with Crippen LogP contribution in [0.15, 0.2) is 65.5 Å². The van der Waals surface area contributed by atoms with Gasteiger partial charge in [-0.05, 0) is 43.5 Å². The highest BCUT2D eigenvalue weighted by Crippen LogP contribution is 2.20. The minimum absolute atomic E-state index is 0.150. The Morgan fingerprint density at radius 2 is 1.73 bits per heavy atom. The maximum absolute atomic E-state index is 12.7. The summed E-state index contributed by atoms with van der Waals surface area (Å²) < 4.78 is 0. The van der Waals surface area contributed by atoms with Gasteiger partial charge in [-0.15, -0.1) is 0 Å². The van der Waals surface area contributed by atoms with E-state index in [1.165, 1.54) is 11.6 Å². The molecule has 0 aliphatic rings. The zero-order valence-corrected chi connectivity index (χ0v) is 15.2. The minimum atomic E-state index is -0.296. The van der Waals surface area contributed by atoms with Crippen molar-refractivity contribution >= 4 is 5.91 Å². The van der Waals surface area contributed by atoms with Crippen molar-refractivity contribution in [1.29, 1.82) is 0 Å². The highest BCUT2D eigenvalue weighted by atomic mass is 16.2. The van der Waals surface area contributed by atoms with Crippen molar-refractivity contribution in [2.24, 2.45) is 0 Å². The highest BCUT2D eigenvalue weighted by Gasteiger charge is 2.15. The molecule has 1 heterocycles.